The van der Waals surface area contributed by atoms with Gasteiger partial charge in [-0.1, -0.05) is 12.1 Å². The molecule has 1 aromatic heterocycles. The molecule has 0 aliphatic rings. The highest BCUT2D eigenvalue weighted by atomic mass is 19.4. The lowest BCUT2D eigenvalue weighted by molar-refractivity contribution is -0.138. The van der Waals surface area contributed by atoms with Crippen LogP contribution >= 0.6 is 0 Å². The van der Waals surface area contributed by atoms with Gasteiger partial charge in [-0.3, -0.25) is 4.98 Å². The van der Waals surface area contributed by atoms with E-state index in [0.29, 0.717) is 18.3 Å². The lowest BCUT2D eigenvalue weighted by atomic mass is 10.0. The van der Waals surface area contributed by atoms with Crippen LogP contribution in [0.5, 0.6) is 0 Å². The third-order valence-corrected chi connectivity index (χ3v) is 2.91. The van der Waals surface area contributed by atoms with E-state index >= 15 is 0 Å². The van der Waals surface area contributed by atoms with Gasteiger partial charge in [0.05, 0.1) is 22.4 Å². The Balaban J connectivity index is 2.62. The Bertz CT molecular complexity index is 752. The van der Waals surface area contributed by atoms with E-state index in [1.54, 1.807) is 0 Å². The Labute approximate surface area is 125 Å². The molecule has 2 rings (SSSR count). The van der Waals surface area contributed by atoms with Crippen molar-refractivity contribution in [3.63, 3.8) is 0 Å². The minimum atomic E-state index is -4.82. The summed E-state index contributed by atoms with van der Waals surface area (Å²) in [6.45, 7) is 0. The van der Waals surface area contributed by atoms with Crippen molar-refractivity contribution in [1.29, 1.82) is 0 Å². The van der Waals surface area contributed by atoms with Crippen LogP contribution in [0.2, 0.25) is 0 Å². The Hall–Kier alpha value is -2.58. The summed E-state index contributed by atoms with van der Waals surface area (Å²) in [6, 6.07) is 3.88. The summed E-state index contributed by atoms with van der Waals surface area (Å²) >= 11 is 0. The van der Waals surface area contributed by atoms with Gasteiger partial charge in [-0.2, -0.15) is 26.3 Å². The summed E-state index contributed by atoms with van der Waals surface area (Å²) in [5.41, 5.74) is -3.92. The third-order valence-electron chi connectivity index (χ3n) is 2.91. The molecule has 0 saturated heterocycles. The first-order valence-corrected chi connectivity index (χ1v) is 5.98. The highest BCUT2D eigenvalue weighted by Crippen LogP contribution is 2.34. The van der Waals surface area contributed by atoms with E-state index in [1.165, 1.54) is 0 Å². The van der Waals surface area contributed by atoms with Crippen molar-refractivity contribution in [2.24, 2.45) is 0 Å². The number of aromatic nitrogens is 1. The maximum Gasteiger partial charge on any atom is 0.417 e. The van der Waals surface area contributed by atoms with E-state index in [2.05, 4.69) is 4.98 Å². The standard InChI is InChI=1S/C14H7F6NO2/c15-13(16,17)8-3-1-2-7(4-8)11-10(12(22)23)5-9(6-21-11)14(18,19)20/h1-6H,(H,22,23). The third kappa shape index (κ3) is 3.61. The molecule has 0 bridgehead atoms. The minimum Gasteiger partial charge on any atom is -0.478 e. The molecule has 0 fully saturated rings. The van der Waals surface area contributed by atoms with Gasteiger partial charge in [0.2, 0.25) is 0 Å². The van der Waals surface area contributed by atoms with Gasteiger partial charge in [-0.25, -0.2) is 4.79 Å². The lowest BCUT2D eigenvalue weighted by Gasteiger charge is -2.12. The number of benzene rings is 1. The summed E-state index contributed by atoms with van der Waals surface area (Å²) in [5, 5.41) is 9.02. The number of carboxylic acids is 1. The second-order valence-electron chi connectivity index (χ2n) is 4.50. The van der Waals surface area contributed by atoms with E-state index in [9.17, 15) is 31.1 Å². The number of hydrogen-bond donors (Lipinski definition) is 1. The number of hydrogen-bond acceptors (Lipinski definition) is 2. The fraction of sp³-hybridized carbons (Fsp3) is 0.143. The fourth-order valence-corrected chi connectivity index (χ4v) is 1.86. The van der Waals surface area contributed by atoms with E-state index in [-0.39, 0.29) is 5.56 Å². The molecule has 0 unspecified atom stereocenters. The van der Waals surface area contributed by atoms with Crippen LogP contribution in [-0.4, -0.2) is 16.1 Å². The zero-order chi connectivity index (χ0) is 17.4. The smallest absolute Gasteiger partial charge is 0.417 e. The van der Waals surface area contributed by atoms with Crippen LogP contribution in [0, 0.1) is 0 Å². The average Bonchev–Trinajstić information content (AvgIpc) is 2.45. The van der Waals surface area contributed by atoms with Gasteiger partial charge in [0.1, 0.15) is 0 Å². The fourth-order valence-electron chi connectivity index (χ4n) is 1.86. The number of halogens is 6. The molecule has 2 aromatic rings. The first kappa shape index (κ1) is 16.8. The van der Waals surface area contributed by atoms with Gasteiger partial charge in [0, 0.05) is 11.8 Å². The van der Waals surface area contributed by atoms with Crippen molar-refractivity contribution < 1.29 is 36.2 Å². The molecule has 1 heterocycles. The molecule has 0 radical (unpaired) electrons. The van der Waals surface area contributed by atoms with Crippen molar-refractivity contribution in [2.75, 3.05) is 0 Å². The number of nitrogens with zero attached hydrogens (tertiary/aromatic N) is 1. The Morgan fingerprint density at radius 1 is 0.957 bits per heavy atom. The topological polar surface area (TPSA) is 50.2 Å². The molecule has 1 N–H and O–H groups in total. The summed E-state index contributed by atoms with van der Waals surface area (Å²) in [6.07, 6.45) is -9.11. The van der Waals surface area contributed by atoms with Crippen LogP contribution < -0.4 is 0 Å². The normalized spacial score (nSPS) is 12.3. The molecule has 122 valence electrons. The van der Waals surface area contributed by atoms with Gasteiger partial charge >= 0.3 is 18.3 Å². The number of rotatable bonds is 2. The molecule has 23 heavy (non-hydrogen) atoms. The zero-order valence-corrected chi connectivity index (χ0v) is 11.0. The highest BCUT2D eigenvalue weighted by molar-refractivity contribution is 5.95. The number of aromatic carboxylic acids is 1. The van der Waals surface area contributed by atoms with Crippen LogP contribution in [0.25, 0.3) is 11.3 Å². The zero-order valence-electron chi connectivity index (χ0n) is 11.0. The highest BCUT2D eigenvalue weighted by Gasteiger charge is 2.33. The predicted octanol–water partition coefficient (Wildman–Crippen LogP) is 4.48. The van der Waals surface area contributed by atoms with Gasteiger partial charge in [-0.05, 0) is 18.2 Å². The van der Waals surface area contributed by atoms with Crippen LogP contribution in [0.15, 0.2) is 36.5 Å². The average molecular weight is 335 g/mol. The summed E-state index contributed by atoms with van der Waals surface area (Å²) in [7, 11) is 0. The van der Waals surface area contributed by atoms with E-state index in [0.717, 1.165) is 18.2 Å². The minimum absolute atomic E-state index is 0.244. The first-order valence-electron chi connectivity index (χ1n) is 5.98. The number of alkyl halides is 6. The maximum atomic E-state index is 12.7. The van der Waals surface area contributed by atoms with Crippen LogP contribution in [-0.2, 0) is 12.4 Å². The van der Waals surface area contributed by atoms with E-state index in [1.807, 2.05) is 0 Å². The van der Waals surface area contributed by atoms with Crippen molar-refractivity contribution in [1.82, 2.24) is 4.98 Å². The Morgan fingerprint density at radius 2 is 1.57 bits per heavy atom. The summed E-state index contributed by atoms with van der Waals surface area (Å²) in [5.74, 6) is -1.73. The molecule has 0 aliphatic heterocycles. The lowest BCUT2D eigenvalue weighted by Crippen LogP contribution is -2.10. The number of carbonyl (C=O) groups is 1. The molecule has 0 atom stereocenters. The Morgan fingerprint density at radius 3 is 2.09 bits per heavy atom. The van der Waals surface area contributed by atoms with Crippen molar-refractivity contribution >= 4 is 5.97 Å². The summed E-state index contributed by atoms with van der Waals surface area (Å²) < 4.78 is 75.8. The SMILES string of the molecule is O=C(O)c1cc(C(F)(F)F)cnc1-c1cccc(C(F)(F)F)c1. The summed E-state index contributed by atoms with van der Waals surface area (Å²) in [4.78, 5) is 14.5. The Kier molecular flexibility index (Phi) is 4.06. The van der Waals surface area contributed by atoms with Gasteiger partial charge in [0.15, 0.2) is 0 Å². The molecule has 0 aliphatic carbocycles. The van der Waals surface area contributed by atoms with Gasteiger partial charge < -0.3 is 5.11 Å². The molecule has 0 saturated carbocycles. The number of pyridine rings is 1. The predicted molar refractivity (Wildman–Crippen MR) is 66.6 cm³/mol. The van der Waals surface area contributed by atoms with Gasteiger partial charge in [-0.15, -0.1) is 0 Å². The monoisotopic (exact) mass is 335 g/mol. The molecule has 9 heteroatoms. The first-order chi connectivity index (χ1) is 10.5. The quantitative estimate of drug-likeness (QED) is 0.823. The van der Waals surface area contributed by atoms with Gasteiger partial charge in [0.25, 0.3) is 0 Å². The number of carboxylic acid groups (broad SMARTS) is 1. The second kappa shape index (κ2) is 5.56. The molecule has 1 aromatic carbocycles. The van der Waals surface area contributed by atoms with E-state index in [4.69, 9.17) is 5.11 Å². The molecular formula is C14H7F6NO2. The molecule has 3 nitrogen and oxygen atoms in total. The van der Waals surface area contributed by atoms with E-state index < -0.39 is 40.7 Å². The molecule has 0 amide bonds. The van der Waals surface area contributed by atoms with Crippen molar-refractivity contribution in [2.45, 2.75) is 12.4 Å². The van der Waals surface area contributed by atoms with Crippen LogP contribution in [0.1, 0.15) is 21.5 Å². The molecule has 0 spiro atoms. The van der Waals surface area contributed by atoms with Crippen LogP contribution in [0.4, 0.5) is 26.3 Å². The van der Waals surface area contributed by atoms with Crippen molar-refractivity contribution in [3.8, 4) is 11.3 Å². The van der Waals surface area contributed by atoms with Crippen LogP contribution in [0.3, 0.4) is 0 Å². The molecular weight excluding hydrogens is 328 g/mol. The van der Waals surface area contributed by atoms with Crippen molar-refractivity contribution in [3.05, 3.63) is 53.2 Å². The maximum absolute atomic E-state index is 12.7. The largest absolute Gasteiger partial charge is 0.478 e. The second-order valence-corrected chi connectivity index (χ2v) is 4.50.